The standard InChI is InChI=1S/C16H19Cl2NO2S.ClH/c1-10(15(21)11-5-3-2-4-6-11)19-8-7-13(20)12-9-14(17)22-16(12)18;/h2-6,9-10,13,15,19-21H,7-8H2,1H3;1H. The van der Waals surface area contributed by atoms with Crippen molar-refractivity contribution in [2.45, 2.75) is 31.6 Å². The number of benzene rings is 1. The van der Waals surface area contributed by atoms with E-state index in [0.29, 0.717) is 27.2 Å². The summed E-state index contributed by atoms with van der Waals surface area (Å²) in [6, 6.07) is 11.3. The van der Waals surface area contributed by atoms with Gasteiger partial charge in [0.15, 0.2) is 0 Å². The quantitative estimate of drug-likeness (QED) is 0.625. The Balaban J connectivity index is 0.00000264. The Kier molecular flexibility index (Phi) is 8.86. The molecule has 0 bridgehead atoms. The molecule has 1 heterocycles. The number of aliphatic hydroxyl groups excluding tert-OH is 2. The minimum atomic E-state index is -0.631. The van der Waals surface area contributed by atoms with Crippen LogP contribution in [0.3, 0.4) is 0 Å². The lowest BCUT2D eigenvalue weighted by atomic mass is 10.0. The molecule has 1 aromatic heterocycles. The molecule has 2 aromatic rings. The van der Waals surface area contributed by atoms with Crippen molar-refractivity contribution in [2.75, 3.05) is 6.54 Å². The summed E-state index contributed by atoms with van der Waals surface area (Å²) < 4.78 is 1.12. The number of rotatable bonds is 7. The van der Waals surface area contributed by atoms with Gasteiger partial charge in [-0.3, -0.25) is 0 Å². The molecule has 3 atom stereocenters. The number of hydrogen-bond donors (Lipinski definition) is 3. The first-order valence-electron chi connectivity index (χ1n) is 7.18. The van der Waals surface area contributed by atoms with Crippen LogP contribution in [0.2, 0.25) is 8.67 Å². The number of aliphatic hydroxyl groups is 2. The highest BCUT2D eigenvalue weighted by Crippen LogP contribution is 2.35. The maximum absolute atomic E-state index is 10.3. The molecule has 0 spiro atoms. The van der Waals surface area contributed by atoms with E-state index in [-0.39, 0.29) is 18.4 Å². The lowest BCUT2D eigenvalue weighted by Crippen LogP contribution is -3.00. The van der Waals surface area contributed by atoms with Gasteiger partial charge in [-0.05, 0) is 18.6 Å². The van der Waals surface area contributed by atoms with Crippen molar-refractivity contribution in [1.82, 2.24) is 0 Å². The maximum atomic E-state index is 10.3. The highest BCUT2D eigenvalue weighted by Gasteiger charge is 2.20. The Bertz CT molecular complexity index is 594. The molecule has 23 heavy (non-hydrogen) atoms. The van der Waals surface area contributed by atoms with Crippen LogP contribution < -0.4 is 17.7 Å². The molecule has 0 aliphatic carbocycles. The molecule has 0 amide bonds. The minimum Gasteiger partial charge on any atom is -1.00 e. The van der Waals surface area contributed by atoms with Gasteiger partial charge in [0, 0.05) is 12.0 Å². The number of nitrogens with two attached hydrogens (primary N) is 1. The third-order valence-electron chi connectivity index (χ3n) is 3.66. The maximum Gasteiger partial charge on any atom is 0.130 e. The number of hydrogen-bond acceptors (Lipinski definition) is 3. The van der Waals surface area contributed by atoms with Gasteiger partial charge < -0.3 is 27.9 Å². The van der Waals surface area contributed by atoms with Crippen LogP contribution in [0.15, 0.2) is 36.4 Å². The van der Waals surface area contributed by atoms with E-state index < -0.39 is 12.2 Å². The number of quaternary nitrogens is 1. The second-order valence-corrected chi connectivity index (χ2v) is 7.61. The lowest BCUT2D eigenvalue weighted by molar-refractivity contribution is -0.695. The average molecular weight is 397 g/mol. The lowest BCUT2D eigenvalue weighted by Gasteiger charge is -2.18. The molecular formula is C16H20Cl3NO2S. The molecule has 0 saturated heterocycles. The molecule has 128 valence electrons. The first-order chi connectivity index (χ1) is 10.5. The zero-order valence-electron chi connectivity index (χ0n) is 12.6. The van der Waals surface area contributed by atoms with Crippen LogP contribution in [-0.2, 0) is 0 Å². The fourth-order valence-electron chi connectivity index (χ4n) is 2.34. The molecular weight excluding hydrogens is 377 g/mol. The van der Waals surface area contributed by atoms with E-state index in [0.717, 1.165) is 5.56 Å². The van der Waals surface area contributed by atoms with E-state index in [4.69, 9.17) is 23.2 Å². The molecule has 1 aromatic carbocycles. The van der Waals surface area contributed by atoms with Crippen molar-refractivity contribution in [2.24, 2.45) is 0 Å². The van der Waals surface area contributed by atoms with Gasteiger partial charge in [-0.2, -0.15) is 0 Å². The van der Waals surface area contributed by atoms with Crippen LogP contribution in [0, 0.1) is 0 Å². The third-order valence-corrected chi connectivity index (χ3v) is 5.18. The summed E-state index contributed by atoms with van der Waals surface area (Å²) in [4.78, 5) is 0. The number of halogens is 3. The van der Waals surface area contributed by atoms with Crippen LogP contribution in [0.1, 0.15) is 36.7 Å². The summed E-state index contributed by atoms with van der Waals surface area (Å²) in [6.07, 6.45) is -0.607. The molecule has 4 N–H and O–H groups in total. The Morgan fingerprint density at radius 2 is 1.83 bits per heavy atom. The van der Waals surface area contributed by atoms with Crippen LogP contribution >= 0.6 is 34.5 Å². The van der Waals surface area contributed by atoms with Gasteiger partial charge >= 0.3 is 0 Å². The van der Waals surface area contributed by atoms with Gasteiger partial charge in [0.25, 0.3) is 0 Å². The van der Waals surface area contributed by atoms with Crippen molar-refractivity contribution in [1.29, 1.82) is 0 Å². The van der Waals surface area contributed by atoms with Gasteiger partial charge in [0.05, 0.1) is 17.0 Å². The van der Waals surface area contributed by atoms with Crippen molar-refractivity contribution in [3.05, 3.63) is 56.2 Å². The molecule has 7 heteroatoms. The molecule has 2 rings (SSSR count). The largest absolute Gasteiger partial charge is 1.00 e. The van der Waals surface area contributed by atoms with Gasteiger partial charge in [0.1, 0.15) is 16.5 Å². The summed E-state index contributed by atoms with van der Waals surface area (Å²) in [5.74, 6) is 0. The van der Waals surface area contributed by atoms with E-state index in [1.807, 2.05) is 42.6 Å². The first kappa shape index (κ1) is 20.7. The van der Waals surface area contributed by atoms with Gasteiger partial charge in [-0.15, -0.1) is 11.3 Å². The Labute approximate surface area is 156 Å². The minimum absolute atomic E-state index is 0. The van der Waals surface area contributed by atoms with Gasteiger partial charge in [-0.1, -0.05) is 53.5 Å². The van der Waals surface area contributed by atoms with Crippen molar-refractivity contribution >= 4 is 34.5 Å². The number of thiophene rings is 1. The average Bonchev–Trinajstić information content (AvgIpc) is 2.86. The van der Waals surface area contributed by atoms with E-state index in [1.165, 1.54) is 11.3 Å². The predicted molar refractivity (Wildman–Crippen MR) is 91.6 cm³/mol. The van der Waals surface area contributed by atoms with Gasteiger partial charge in [0.2, 0.25) is 0 Å². The first-order valence-corrected chi connectivity index (χ1v) is 8.75. The Hall–Kier alpha value is -0.330. The third kappa shape index (κ3) is 5.91. The summed E-state index contributed by atoms with van der Waals surface area (Å²) in [5.41, 5.74) is 1.58. The molecule has 0 aliphatic rings. The Morgan fingerprint density at radius 3 is 2.39 bits per heavy atom. The zero-order chi connectivity index (χ0) is 16.1. The zero-order valence-corrected chi connectivity index (χ0v) is 15.7. The second-order valence-electron chi connectivity index (χ2n) is 5.32. The summed E-state index contributed by atoms with van der Waals surface area (Å²) >= 11 is 13.2. The molecule has 0 aliphatic heterocycles. The summed E-state index contributed by atoms with van der Waals surface area (Å²) in [5, 5.41) is 22.5. The molecule has 0 fully saturated rings. The van der Waals surface area contributed by atoms with E-state index in [9.17, 15) is 10.2 Å². The highest BCUT2D eigenvalue weighted by atomic mass is 35.5. The van der Waals surface area contributed by atoms with Crippen molar-refractivity contribution in [3.8, 4) is 0 Å². The van der Waals surface area contributed by atoms with Crippen molar-refractivity contribution < 1.29 is 27.9 Å². The van der Waals surface area contributed by atoms with E-state index in [2.05, 4.69) is 0 Å². The molecule has 0 saturated carbocycles. The monoisotopic (exact) mass is 395 g/mol. The Morgan fingerprint density at radius 1 is 1.17 bits per heavy atom. The van der Waals surface area contributed by atoms with Crippen LogP contribution in [-0.4, -0.2) is 22.8 Å². The van der Waals surface area contributed by atoms with Crippen LogP contribution in [0.4, 0.5) is 0 Å². The second kappa shape index (κ2) is 9.84. The smallest absolute Gasteiger partial charge is 0.130 e. The summed E-state index contributed by atoms with van der Waals surface area (Å²) in [6.45, 7) is 2.66. The fraction of sp³-hybridized carbons (Fsp3) is 0.375. The highest BCUT2D eigenvalue weighted by molar-refractivity contribution is 7.20. The molecule has 3 nitrogen and oxygen atoms in total. The predicted octanol–water partition coefficient (Wildman–Crippen LogP) is 0.168. The SMILES string of the molecule is CC([NH2+]CCC(O)c1cc(Cl)sc1Cl)C(O)c1ccccc1.[Cl-]. The van der Waals surface area contributed by atoms with Crippen LogP contribution in [0.25, 0.3) is 0 Å². The topological polar surface area (TPSA) is 57.1 Å². The van der Waals surface area contributed by atoms with E-state index in [1.54, 1.807) is 6.07 Å². The summed E-state index contributed by atoms with van der Waals surface area (Å²) in [7, 11) is 0. The van der Waals surface area contributed by atoms with Gasteiger partial charge in [-0.25, -0.2) is 0 Å². The molecule has 0 radical (unpaired) electrons. The fourth-order valence-corrected chi connectivity index (χ4v) is 3.90. The van der Waals surface area contributed by atoms with Crippen LogP contribution in [0.5, 0.6) is 0 Å². The van der Waals surface area contributed by atoms with Crippen molar-refractivity contribution in [3.63, 3.8) is 0 Å². The molecule has 3 unspecified atom stereocenters. The normalized spacial score (nSPS) is 14.8. The van der Waals surface area contributed by atoms with E-state index >= 15 is 0 Å².